The molecular weight excluding hydrogens is 348 g/mol. The van der Waals surface area contributed by atoms with Gasteiger partial charge in [0.15, 0.2) is 0 Å². The monoisotopic (exact) mass is 372 g/mol. The fourth-order valence-corrected chi connectivity index (χ4v) is 3.35. The van der Waals surface area contributed by atoms with Crippen LogP contribution in [-0.2, 0) is 14.8 Å². The third kappa shape index (κ3) is 5.36. The summed E-state index contributed by atoms with van der Waals surface area (Å²) in [5.74, 6) is 0. The van der Waals surface area contributed by atoms with Crippen molar-refractivity contribution in [1.29, 1.82) is 0 Å². The number of rotatable bonds is 8. The maximum atomic E-state index is 11.4. The number of hydrogen-bond acceptors (Lipinski definition) is 7. The number of unbranched alkanes of at least 4 members (excludes halogenated alkanes) is 1. The van der Waals surface area contributed by atoms with Crippen molar-refractivity contribution >= 4 is 21.4 Å². The van der Waals surface area contributed by atoms with Gasteiger partial charge in [-0.15, -0.1) is 0 Å². The van der Waals surface area contributed by atoms with Crippen molar-refractivity contribution in [3.63, 3.8) is 0 Å². The van der Waals surface area contributed by atoms with Crippen LogP contribution in [0.5, 0.6) is 0 Å². The number of nitrogens with two attached hydrogens (primary N) is 1. The molecule has 1 fully saturated rings. The number of sulfonamides is 1. The zero-order valence-corrected chi connectivity index (χ0v) is 14.9. The first-order valence-corrected chi connectivity index (χ1v) is 9.77. The molecule has 25 heavy (non-hydrogen) atoms. The van der Waals surface area contributed by atoms with Gasteiger partial charge in [0.2, 0.25) is 10.0 Å². The largest absolute Gasteiger partial charge is 0.377 e. The Balaban J connectivity index is 2.12. The van der Waals surface area contributed by atoms with Gasteiger partial charge in [-0.3, -0.25) is 10.1 Å². The lowest BCUT2D eigenvalue weighted by Gasteiger charge is -2.33. The Morgan fingerprint density at radius 3 is 2.88 bits per heavy atom. The molecule has 1 aliphatic heterocycles. The summed E-state index contributed by atoms with van der Waals surface area (Å²) in [6, 6.07) is 3.75. The second-order valence-electron chi connectivity index (χ2n) is 5.97. The lowest BCUT2D eigenvalue weighted by molar-refractivity contribution is -0.384. The molecule has 0 saturated carbocycles. The van der Waals surface area contributed by atoms with Gasteiger partial charge >= 0.3 is 0 Å². The Bertz CT molecular complexity index is 710. The summed E-state index contributed by atoms with van der Waals surface area (Å²) in [5, 5.41) is 22.7. The van der Waals surface area contributed by atoms with Gasteiger partial charge in [0.25, 0.3) is 5.69 Å². The first kappa shape index (κ1) is 19.6. The molecule has 1 saturated heterocycles. The van der Waals surface area contributed by atoms with Crippen LogP contribution in [0.3, 0.4) is 0 Å². The van der Waals surface area contributed by atoms with Crippen molar-refractivity contribution < 1.29 is 18.1 Å². The highest BCUT2D eigenvalue weighted by molar-refractivity contribution is 7.89. The van der Waals surface area contributed by atoms with Gasteiger partial charge in [0.1, 0.15) is 5.69 Å². The molecule has 2 rings (SSSR count). The van der Waals surface area contributed by atoms with Gasteiger partial charge in [0.05, 0.1) is 22.5 Å². The standard InChI is InChI=1S/C15H24N4O5S/c1-2-3-4-13-15(24-8-7-17-13)10-18-12-6-5-11(25(16,22)23)9-14(12)19(20)21/h5-6,9,13,15,17-18H,2-4,7-8,10H2,1H3,(H2,16,22,23)/t13-,15?/m1/s1. The van der Waals surface area contributed by atoms with Crippen LogP contribution in [0, 0.1) is 10.1 Å². The number of anilines is 1. The third-order valence-corrected chi connectivity index (χ3v) is 5.06. The quantitative estimate of drug-likeness (QED) is 0.460. The van der Waals surface area contributed by atoms with Crippen LogP contribution in [0.2, 0.25) is 0 Å². The van der Waals surface area contributed by atoms with Crippen molar-refractivity contribution in [1.82, 2.24) is 5.32 Å². The number of benzene rings is 1. The molecule has 10 heteroatoms. The summed E-state index contributed by atoms with van der Waals surface area (Å²) in [6.07, 6.45) is 3.01. The van der Waals surface area contributed by atoms with Crippen LogP contribution in [0.25, 0.3) is 0 Å². The van der Waals surface area contributed by atoms with E-state index >= 15 is 0 Å². The fourth-order valence-electron chi connectivity index (χ4n) is 2.81. The van der Waals surface area contributed by atoms with E-state index in [0.29, 0.717) is 13.2 Å². The number of nitrogens with one attached hydrogen (secondary N) is 2. The minimum absolute atomic E-state index is 0.113. The predicted molar refractivity (Wildman–Crippen MR) is 94.0 cm³/mol. The van der Waals surface area contributed by atoms with E-state index in [1.807, 2.05) is 0 Å². The molecule has 0 radical (unpaired) electrons. The van der Waals surface area contributed by atoms with E-state index in [4.69, 9.17) is 9.88 Å². The molecule has 0 spiro atoms. The molecule has 0 bridgehead atoms. The molecule has 1 heterocycles. The van der Waals surface area contributed by atoms with Crippen LogP contribution in [0.15, 0.2) is 23.1 Å². The molecule has 1 aromatic rings. The minimum Gasteiger partial charge on any atom is -0.377 e. The maximum absolute atomic E-state index is 11.4. The lowest BCUT2D eigenvalue weighted by Crippen LogP contribution is -2.51. The highest BCUT2D eigenvalue weighted by atomic mass is 32.2. The summed E-state index contributed by atoms with van der Waals surface area (Å²) in [6.45, 7) is 3.87. The number of nitrogens with zero attached hydrogens (tertiary/aromatic N) is 1. The topological polar surface area (TPSA) is 137 Å². The normalized spacial score (nSPS) is 21.0. The van der Waals surface area contributed by atoms with E-state index < -0.39 is 14.9 Å². The third-order valence-electron chi connectivity index (χ3n) is 4.15. The molecule has 2 atom stereocenters. The zero-order chi connectivity index (χ0) is 18.4. The molecule has 0 aromatic heterocycles. The molecule has 1 unspecified atom stereocenters. The number of morpholine rings is 1. The Morgan fingerprint density at radius 1 is 1.48 bits per heavy atom. The summed E-state index contributed by atoms with van der Waals surface area (Å²) in [7, 11) is -4.00. The van der Waals surface area contributed by atoms with E-state index in [-0.39, 0.29) is 28.4 Å². The van der Waals surface area contributed by atoms with Crippen molar-refractivity contribution in [3.05, 3.63) is 28.3 Å². The molecular formula is C15H24N4O5S. The molecule has 0 aliphatic carbocycles. The second-order valence-corrected chi connectivity index (χ2v) is 7.54. The van der Waals surface area contributed by atoms with Crippen molar-refractivity contribution in [3.8, 4) is 0 Å². The van der Waals surface area contributed by atoms with Gasteiger partial charge in [-0.1, -0.05) is 19.8 Å². The number of nitro groups is 1. The van der Waals surface area contributed by atoms with Crippen LogP contribution < -0.4 is 15.8 Å². The summed E-state index contributed by atoms with van der Waals surface area (Å²) >= 11 is 0. The average Bonchev–Trinajstić information content (AvgIpc) is 2.57. The van der Waals surface area contributed by atoms with Crippen LogP contribution in [0.4, 0.5) is 11.4 Å². The first-order chi connectivity index (χ1) is 11.8. The fraction of sp³-hybridized carbons (Fsp3) is 0.600. The van der Waals surface area contributed by atoms with Crippen molar-refractivity contribution in [2.75, 3.05) is 25.0 Å². The highest BCUT2D eigenvalue weighted by Gasteiger charge is 2.26. The van der Waals surface area contributed by atoms with E-state index in [9.17, 15) is 18.5 Å². The van der Waals surface area contributed by atoms with E-state index in [2.05, 4.69) is 17.6 Å². The van der Waals surface area contributed by atoms with Crippen molar-refractivity contribution in [2.45, 2.75) is 43.2 Å². The Labute approximate surface area is 147 Å². The van der Waals surface area contributed by atoms with Crippen LogP contribution in [-0.4, -0.2) is 45.2 Å². The van der Waals surface area contributed by atoms with Gasteiger partial charge < -0.3 is 15.4 Å². The molecule has 4 N–H and O–H groups in total. The van der Waals surface area contributed by atoms with Gasteiger partial charge in [-0.2, -0.15) is 0 Å². The molecule has 0 amide bonds. The lowest BCUT2D eigenvalue weighted by atomic mass is 10.0. The Hall–Kier alpha value is -1.75. The van der Waals surface area contributed by atoms with E-state index in [1.54, 1.807) is 0 Å². The summed E-state index contributed by atoms with van der Waals surface area (Å²) in [4.78, 5) is 10.3. The van der Waals surface area contributed by atoms with Crippen LogP contribution in [0.1, 0.15) is 26.2 Å². The maximum Gasteiger partial charge on any atom is 0.293 e. The Kier molecular flexibility index (Phi) is 6.71. The number of hydrogen-bond donors (Lipinski definition) is 3. The van der Waals surface area contributed by atoms with E-state index in [1.165, 1.54) is 12.1 Å². The van der Waals surface area contributed by atoms with Crippen molar-refractivity contribution in [2.24, 2.45) is 5.14 Å². The predicted octanol–water partition coefficient (Wildman–Crippen LogP) is 1.20. The second kappa shape index (κ2) is 8.56. The van der Waals surface area contributed by atoms with E-state index in [0.717, 1.165) is 31.9 Å². The molecule has 140 valence electrons. The van der Waals surface area contributed by atoms with Gasteiger partial charge in [-0.05, 0) is 18.6 Å². The summed E-state index contributed by atoms with van der Waals surface area (Å²) in [5.41, 5.74) is -0.0961. The zero-order valence-electron chi connectivity index (χ0n) is 14.1. The Morgan fingerprint density at radius 2 is 2.24 bits per heavy atom. The highest BCUT2D eigenvalue weighted by Crippen LogP contribution is 2.27. The summed E-state index contributed by atoms with van der Waals surface area (Å²) < 4.78 is 28.5. The van der Waals surface area contributed by atoms with Gasteiger partial charge in [-0.25, -0.2) is 13.6 Å². The van der Waals surface area contributed by atoms with Gasteiger partial charge in [0, 0.05) is 25.2 Å². The first-order valence-electron chi connectivity index (χ1n) is 8.23. The smallest absolute Gasteiger partial charge is 0.293 e. The average molecular weight is 372 g/mol. The number of ether oxygens (including phenoxy) is 1. The van der Waals surface area contributed by atoms with Crippen LogP contribution >= 0.6 is 0 Å². The number of nitro benzene ring substituents is 1. The minimum atomic E-state index is -4.00. The molecule has 1 aliphatic rings. The SMILES string of the molecule is CCCC[C@H]1NCCOC1CNc1ccc(S(N)(=O)=O)cc1[N+](=O)[O-]. The molecule has 9 nitrogen and oxygen atoms in total. The molecule has 1 aromatic carbocycles. The number of primary sulfonamides is 1.